The first-order valence-corrected chi connectivity index (χ1v) is 5.24. The molecule has 5 nitrogen and oxygen atoms in total. The van der Waals surface area contributed by atoms with Crippen molar-refractivity contribution in [1.82, 2.24) is 10.1 Å². The Balaban J connectivity index is 2.21. The maximum atomic E-state index is 11.2. The summed E-state index contributed by atoms with van der Waals surface area (Å²) in [5, 5.41) is 5.43. The Labute approximate surface area is 89.7 Å². The van der Waals surface area contributed by atoms with Crippen LogP contribution in [0.25, 0.3) is 10.8 Å². The first kappa shape index (κ1) is 9.85. The van der Waals surface area contributed by atoms with E-state index in [9.17, 15) is 4.79 Å². The van der Waals surface area contributed by atoms with Crippen molar-refractivity contribution in [3.63, 3.8) is 0 Å². The van der Waals surface area contributed by atoms with E-state index in [0.717, 1.165) is 4.88 Å². The number of thiophene rings is 1. The molecule has 0 saturated heterocycles. The monoisotopic (exact) mass is 224 g/mol. The number of esters is 1. The Bertz CT molecular complexity index is 450. The van der Waals surface area contributed by atoms with Gasteiger partial charge in [-0.3, -0.25) is 0 Å². The molecule has 0 saturated carbocycles. The van der Waals surface area contributed by atoms with Gasteiger partial charge in [0.15, 0.2) is 0 Å². The quantitative estimate of drug-likeness (QED) is 0.746. The van der Waals surface area contributed by atoms with Gasteiger partial charge in [-0.05, 0) is 23.5 Å². The maximum absolute atomic E-state index is 11.2. The van der Waals surface area contributed by atoms with Gasteiger partial charge in [-0.25, -0.2) is 4.79 Å². The van der Waals surface area contributed by atoms with Crippen molar-refractivity contribution >= 4 is 17.3 Å². The lowest BCUT2D eigenvalue weighted by atomic mass is 10.5. The van der Waals surface area contributed by atoms with Crippen LogP contribution in [0.4, 0.5) is 0 Å². The summed E-state index contributed by atoms with van der Waals surface area (Å²) in [7, 11) is 0. The van der Waals surface area contributed by atoms with Crippen LogP contribution in [0.3, 0.4) is 0 Å². The average Bonchev–Trinajstić information content (AvgIpc) is 2.89. The Hall–Kier alpha value is -1.69. The summed E-state index contributed by atoms with van der Waals surface area (Å²) in [6, 6.07) is 3.71. The van der Waals surface area contributed by atoms with Crippen molar-refractivity contribution in [2.45, 2.75) is 6.92 Å². The van der Waals surface area contributed by atoms with Crippen LogP contribution in [0.15, 0.2) is 22.0 Å². The zero-order valence-corrected chi connectivity index (χ0v) is 8.78. The van der Waals surface area contributed by atoms with Gasteiger partial charge in [-0.2, -0.15) is 4.98 Å². The van der Waals surface area contributed by atoms with Gasteiger partial charge in [0, 0.05) is 0 Å². The predicted octanol–water partition coefficient (Wildman–Crippen LogP) is 1.97. The van der Waals surface area contributed by atoms with Crippen LogP contribution in [0, 0.1) is 0 Å². The third-order valence-corrected chi connectivity index (χ3v) is 2.47. The van der Waals surface area contributed by atoms with Crippen molar-refractivity contribution in [3.05, 3.63) is 23.3 Å². The summed E-state index contributed by atoms with van der Waals surface area (Å²) >= 11 is 1.47. The maximum Gasteiger partial charge on any atom is 0.379 e. The number of aromatic nitrogens is 2. The van der Waals surface area contributed by atoms with Crippen LogP contribution >= 0.6 is 11.3 Å². The molecule has 6 heteroatoms. The van der Waals surface area contributed by atoms with Gasteiger partial charge in [-0.1, -0.05) is 6.07 Å². The molecule has 2 aromatic rings. The normalized spacial score (nSPS) is 10.2. The number of nitrogens with zero attached hydrogens (tertiary/aromatic N) is 2. The molecule has 78 valence electrons. The first-order chi connectivity index (χ1) is 7.31. The van der Waals surface area contributed by atoms with Gasteiger partial charge in [0.2, 0.25) is 0 Å². The predicted molar refractivity (Wildman–Crippen MR) is 53.6 cm³/mol. The fourth-order valence-corrected chi connectivity index (χ4v) is 1.65. The molecule has 0 amide bonds. The first-order valence-electron chi connectivity index (χ1n) is 4.36. The summed E-state index contributed by atoms with van der Waals surface area (Å²) in [6.07, 6.45) is 0. The summed E-state index contributed by atoms with van der Waals surface area (Å²) in [5.74, 6) is -0.266. The number of carbonyl (C=O) groups excluding carboxylic acids is 1. The van der Waals surface area contributed by atoms with E-state index in [0.29, 0.717) is 12.5 Å². The lowest BCUT2D eigenvalue weighted by Gasteiger charge is -1.93. The molecule has 0 unspecified atom stereocenters. The van der Waals surface area contributed by atoms with E-state index in [2.05, 4.69) is 10.1 Å². The second-order valence-corrected chi connectivity index (χ2v) is 3.57. The lowest BCUT2D eigenvalue weighted by molar-refractivity contribution is 0.0508. The van der Waals surface area contributed by atoms with E-state index in [1.807, 2.05) is 17.5 Å². The van der Waals surface area contributed by atoms with Crippen LogP contribution in [-0.2, 0) is 4.74 Å². The molecule has 0 aliphatic carbocycles. The summed E-state index contributed by atoms with van der Waals surface area (Å²) < 4.78 is 9.66. The molecule has 0 radical (unpaired) electrons. The molecule has 0 N–H and O–H groups in total. The van der Waals surface area contributed by atoms with Gasteiger partial charge >= 0.3 is 5.97 Å². The van der Waals surface area contributed by atoms with Gasteiger partial charge in [-0.15, -0.1) is 11.3 Å². The third kappa shape index (κ3) is 2.04. The smallest absolute Gasteiger partial charge is 0.379 e. The average molecular weight is 224 g/mol. The van der Waals surface area contributed by atoms with E-state index < -0.39 is 5.97 Å². The van der Waals surface area contributed by atoms with E-state index in [1.54, 1.807) is 6.92 Å². The summed E-state index contributed by atoms with van der Waals surface area (Å²) in [4.78, 5) is 16.0. The molecule has 0 aliphatic heterocycles. The van der Waals surface area contributed by atoms with Gasteiger partial charge in [0.25, 0.3) is 11.7 Å². The van der Waals surface area contributed by atoms with E-state index in [4.69, 9.17) is 9.26 Å². The molecular weight excluding hydrogens is 216 g/mol. The number of hydrogen-bond acceptors (Lipinski definition) is 6. The largest absolute Gasteiger partial charge is 0.460 e. The zero-order valence-electron chi connectivity index (χ0n) is 7.97. The second-order valence-electron chi connectivity index (χ2n) is 2.62. The third-order valence-electron chi connectivity index (χ3n) is 1.62. The van der Waals surface area contributed by atoms with Gasteiger partial charge in [0.1, 0.15) is 0 Å². The highest BCUT2D eigenvalue weighted by Gasteiger charge is 2.16. The minimum Gasteiger partial charge on any atom is -0.460 e. The van der Waals surface area contributed by atoms with Crippen molar-refractivity contribution in [1.29, 1.82) is 0 Å². The topological polar surface area (TPSA) is 65.2 Å². The second kappa shape index (κ2) is 4.22. The molecule has 15 heavy (non-hydrogen) atoms. The van der Waals surface area contributed by atoms with Gasteiger partial charge in [0.05, 0.1) is 11.5 Å². The molecule has 2 aromatic heterocycles. The zero-order chi connectivity index (χ0) is 10.7. The SMILES string of the molecule is CCOC(=O)c1noc(-c2cccs2)n1. The standard InChI is InChI=1S/C9H8N2O3S/c1-2-13-9(12)7-10-8(14-11-7)6-4-3-5-15-6/h3-5H,2H2,1H3. The Kier molecular flexibility index (Phi) is 2.77. The van der Waals surface area contributed by atoms with Crippen LogP contribution < -0.4 is 0 Å². The number of rotatable bonds is 3. The van der Waals surface area contributed by atoms with Crippen molar-refractivity contribution < 1.29 is 14.1 Å². The molecule has 0 bridgehead atoms. The van der Waals surface area contributed by atoms with Crippen molar-refractivity contribution in [2.24, 2.45) is 0 Å². The fourth-order valence-electron chi connectivity index (χ4n) is 1.00. The van der Waals surface area contributed by atoms with E-state index in [1.165, 1.54) is 11.3 Å². The highest BCUT2D eigenvalue weighted by molar-refractivity contribution is 7.13. The van der Waals surface area contributed by atoms with E-state index in [-0.39, 0.29) is 5.82 Å². The molecule has 0 fully saturated rings. The fraction of sp³-hybridized carbons (Fsp3) is 0.222. The summed E-state index contributed by atoms with van der Waals surface area (Å²) in [5.41, 5.74) is 0. The minimum absolute atomic E-state index is 0.0414. The Morgan fingerprint density at radius 1 is 1.67 bits per heavy atom. The Morgan fingerprint density at radius 2 is 2.53 bits per heavy atom. The van der Waals surface area contributed by atoms with Crippen LogP contribution in [0.5, 0.6) is 0 Å². The molecule has 2 heterocycles. The van der Waals surface area contributed by atoms with Gasteiger partial charge < -0.3 is 9.26 Å². The highest BCUT2D eigenvalue weighted by Crippen LogP contribution is 2.22. The number of carbonyl (C=O) groups is 1. The van der Waals surface area contributed by atoms with Crippen LogP contribution in [0.2, 0.25) is 0 Å². The highest BCUT2D eigenvalue weighted by atomic mass is 32.1. The number of hydrogen-bond donors (Lipinski definition) is 0. The van der Waals surface area contributed by atoms with Crippen LogP contribution in [-0.4, -0.2) is 22.7 Å². The lowest BCUT2D eigenvalue weighted by Crippen LogP contribution is -2.06. The summed E-state index contributed by atoms with van der Waals surface area (Å²) in [6.45, 7) is 2.01. The van der Waals surface area contributed by atoms with Crippen molar-refractivity contribution in [3.8, 4) is 10.8 Å². The molecular formula is C9H8N2O3S. The minimum atomic E-state index is -0.566. The Morgan fingerprint density at radius 3 is 3.20 bits per heavy atom. The van der Waals surface area contributed by atoms with E-state index >= 15 is 0 Å². The molecule has 0 atom stereocenters. The molecule has 2 rings (SSSR count). The number of ether oxygens (including phenoxy) is 1. The van der Waals surface area contributed by atoms with Crippen LogP contribution in [0.1, 0.15) is 17.5 Å². The molecule has 0 aliphatic rings. The molecule has 0 aromatic carbocycles. The van der Waals surface area contributed by atoms with Crippen molar-refractivity contribution in [2.75, 3.05) is 6.61 Å². The molecule has 0 spiro atoms.